The van der Waals surface area contributed by atoms with Crippen molar-refractivity contribution in [3.8, 4) is 17.2 Å². The number of hydrogen-bond acceptors (Lipinski definition) is 7. The number of phenolic OH excluding ortho intramolecular Hbond substituents is 3. The van der Waals surface area contributed by atoms with E-state index < -0.39 is 0 Å². The van der Waals surface area contributed by atoms with Crippen LogP contribution in [-0.2, 0) is 9.59 Å². The normalized spacial score (nSPS) is 17.4. The van der Waals surface area contributed by atoms with Crippen molar-refractivity contribution >= 4 is 11.6 Å². The lowest BCUT2D eigenvalue weighted by molar-refractivity contribution is -0.113. The molecule has 0 spiro atoms. The molecule has 0 unspecified atom stereocenters. The summed E-state index contributed by atoms with van der Waals surface area (Å²) in [5.41, 5.74) is 0. The van der Waals surface area contributed by atoms with Crippen LogP contribution in [0.5, 0.6) is 17.2 Å². The van der Waals surface area contributed by atoms with Gasteiger partial charge >= 0.3 is 0 Å². The smallest absolute Gasteiger partial charge is 0.178 e. The van der Waals surface area contributed by atoms with Gasteiger partial charge in [0.1, 0.15) is 17.2 Å². The molecule has 1 fully saturated rings. The van der Waals surface area contributed by atoms with Gasteiger partial charge in [0.2, 0.25) is 0 Å². The number of carbonyl (C=O) groups excluding carboxylic acids is 2. The highest BCUT2D eigenvalue weighted by Crippen LogP contribution is 2.17. The van der Waals surface area contributed by atoms with Gasteiger partial charge in [0.15, 0.2) is 11.6 Å². The van der Waals surface area contributed by atoms with E-state index in [9.17, 15) is 9.59 Å². The number of hydrogen-bond donors (Lipinski definition) is 5. The van der Waals surface area contributed by atoms with Gasteiger partial charge in [-0.25, -0.2) is 0 Å². The number of ketones is 2. The fraction of sp³-hybridized carbons (Fsp3) is 0.308. The average molecular weight is 479 g/mol. The van der Waals surface area contributed by atoms with Crippen molar-refractivity contribution in [1.29, 1.82) is 0 Å². The fourth-order valence-corrected chi connectivity index (χ4v) is 2.38. The maximum absolute atomic E-state index is 10.3. The summed E-state index contributed by atoms with van der Waals surface area (Å²) in [6.07, 6.45) is 7.84. The van der Waals surface area contributed by atoms with Crippen molar-refractivity contribution in [2.45, 2.75) is 52.7 Å². The highest BCUT2D eigenvalue weighted by atomic mass is 16.3. The summed E-state index contributed by atoms with van der Waals surface area (Å²) >= 11 is 0. The first-order valence-corrected chi connectivity index (χ1v) is 9.78. The SMILES string of the molecule is C.C.O.O=C1C=CC(=O)C=C1.OC1CCC(O)CC1.Oc1ccc(O)cc1.Oc1ccccc1. The molecule has 0 radical (unpaired) electrons. The summed E-state index contributed by atoms with van der Waals surface area (Å²) in [5.74, 6) is 0.419. The number of allylic oxidation sites excluding steroid dienone is 4. The first-order valence-electron chi connectivity index (χ1n) is 9.78. The standard InChI is InChI=1S/C6H12O2.C6H6O2.C6H4O2.C6H6O.2CH4.H2O/c3*7-5-1-2-6(8)4-3-5;7-6-4-2-1-3-5-6;;;/h5-8H,1-4H2;1-4,7-8H;1-4H;1-5,7H;2*1H4;1H2. The number of aliphatic hydroxyl groups excluding tert-OH is 2. The zero-order valence-electron chi connectivity index (χ0n) is 17.5. The molecule has 8 nitrogen and oxygen atoms in total. The molecule has 8 heteroatoms. The maximum atomic E-state index is 10.3. The molecule has 0 heterocycles. The van der Waals surface area contributed by atoms with E-state index in [4.69, 9.17) is 25.5 Å². The van der Waals surface area contributed by atoms with Crippen LogP contribution in [0.3, 0.4) is 0 Å². The largest absolute Gasteiger partial charge is 0.508 e. The van der Waals surface area contributed by atoms with Gasteiger partial charge < -0.3 is 31.0 Å². The van der Waals surface area contributed by atoms with Gasteiger partial charge in [0.25, 0.3) is 0 Å². The van der Waals surface area contributed by atoms with Crippen LogP contribution in [0, 0.1) is 0 Å². The minimum atomic E-state index is -0.140. The molecule has 4 rings (SSSR count). The highest BCUT2D eigenvalue weighted by molar-refractivity contribution is 6.14. The zero-order chi connectivity index (χ0) is 23.1. The number of phenols is 3. The number of carbonyl (C=O) groups is 2. The lowest BCUT2D eigenvalue weighted by atomic mass is 9.95. The molecule has 2 aliphatic carbocycles. The molecule has 0 aromatic heterocycles. The third-order valence-electron chi connectivity index (χ3n) is 4.10. The van der Waals surface area contributed by atoms with E-state index in [1.807, 2.05) is 6.07 Å². The van der Waals surface area contributed by atoms with Crippen molar-refractivity contribution in [2.75, 3.05) is 0 Å². The number of aliphatic hydroxyl groups is 2. The van der Waals surface area contributed by atoms with Gasteiger partial charge in [-0.15, -0.1) is 0 Å². The zero-order valence-corrected chi connectivity index (χ0v) is 17.5. The molecule has 0 aliphatic heterocycles. The van der Waals surface area contributed by atoms with Gasteiger partial charge in [0, 0.05) is 0 Å². The molecule has 0 bridgehead atoms. The minimum absolute atomic E-state index is 0. The summed E-state index contributed by atoms with van der Waals surface area (Å²) in [5, 5.41) is 43.8. The Morgan fingerprint density at radius 1 is 0.529 bits per heavy atom. The van der Waals surface area contributed by atoms with Crippen LogP contribution < -0.4 is 0 Å². The van der Waals surface area contributed by atoms with Gasteiger partial charge in [0.05, 0.1) is 12.2 Å². The highest BCUT2D eigenvalue weighted by Gasteiger charge is 2.15. The van der Waals surface area contributed by atoms with Crippen molar-refractivity contribution in [2.24, 2.45) is 0 Å². The van der Waals surface area contributed by atoms with Crippen LogP contribution >= 0.6 is 0 Å². The fourth-order valence-electron chi connectivity index (χ4n) is 2.38. The molecule has 7 N–H and O–H groups in total. The van der Waals surface area contributed by atoms with Crippen LogP contribution in [0.4, 0.5) is 0 Å². The van der Waals surface area contributed by atoms with Crippen LogP contribution in [0.1, 0.15) is 40.5 Å². The summed E-state index contributed by atoms with van der Waals surface area (Å²) in [6.45, 7) is 0. The second-order valence-electron chi connectivity index (χ2n) is 6.79. The molecule has 2 aliphatic rings. The topological polar surface area (TPSA) is 167 Å². The molecule has 190 valence electrons. The number of rotatable bonds is 0. The Hall–Kier alpha value is -3.46. The van der Waals surface area contributed by atoms with Crippen LogP contribution in [-0.4, -0.2) is 54.8 Å². The number of benzene rings is 2. The Morgan fingerprint density at radius 2 is 0.794 bits per heavy atom. The Balaban J connectivity index is -0.000000367. The first kappa shape index (κ1) is 35.1. The minimum Gasteiger partial charge on any atom is -0.508 e. The van der Waals surface area contributed by atoms with E-state index >= 15 is 0 Å². The van der Waals surface area contributed by atoms with Gasteiger partial charge in [-0.2, -0.15) is 0 Å². The number of aromatic hydroxyl groups is 3. The molecule has 0 amide bonds. The molecular formula is C26H38O8. The van der Waals surface area contributed by atoms with Gasteiger partial charge in [-0.1, -0.05) is 33.1 Å². The Bertz CT molecular complexity index is 768. The molecule has 0 saturated heterocycles. The summed E-state index contributed by atoms with van der Waals surface area (Å²) < 4.78 is 0. The van der Waals surface area contributed by atoms with Crippen molar-refractivity contribution in [3.05, 3.63) is 78.9 Å². The second-order valence-corrected chi connectivity index (χ2v) is 6.79. The number of para-hydroxylation sites is 1. The molecule has 34 heavy (non-hydrogen) atoms. The van der Waals surface area contributed by atoms with Gasteiger partial charge in [-0.05, 0) is 86.4 Å². The van der Waals surface area contributed by atoms with Crippen molar-refractivity contribution in [3.63, 3.8) is 0 Å². The third kappa shape index (κ3) is 18.1. The first-order chi connectivity index (χ1) is 14.8. The predicted molar refractivity (Wildman–Crippen MR) is 134 cm³/mol. The monoisotopic (exact) mass is 478 g/mol. The van der Waals surface area contributed by atoms with E-state index in [-0.39, 0.29) is 55.6 Å². The predicted octanol–water partition coefficient (Wildman–Crippen LogP) is 3.47. The van der Waals surface area contributed by atoms with Crippen molar-refractivity contribution < 1.29 is 40.6 Å². The molecule has 1 saturated carbocycles. The van der Waals surface area contributed by atoms with E-state index in [0.717, 1.165) is 25.7 Å². The van der Waals surface area contributed by atoms with Gasteiger partial charge in [-0.3, -0.25) is 9.59 Å². The van der Waals surface area contributed by atoms with Crippen LogP contribution in [0.15, 0.2) is 78.9 Å². The molecule has 2 aromatic rings. The lowest BCUT2D eigenvalue weighted by Gasteiger charge is -2.20. The Labute approximate surface area is 201 Å². The lowest BCUT2D eigenvalue weighted by Crippen LogP contribution is -2.21. The van der Waals surface area contributed by atoms with E-state index in [1.165, 1.54) is 48.6 Å². The average Bonchev–Trinajstić information content (AvgIpc) is 2.76. The molecule has 2 aromatic carbocycles. The van der Waals surface area contributed by atoms with E-state index in [1.54, 1.807) is 24.3 Å². The third-order valence-corrected chi connectivity index (χ3v) is 4.10. The van der Waals surface area contributed by atoms with Crippen LogP contribution in [0.25, 0.3) is 0 Å². The maximum Gasteiger partial charge on any atom is 0.178 e. The summed E-state index contributed by atoms with van der Waals surface area (Å²) in [6, 6.07) is 14.4. The quantitative estimate of drug-likeness (QED) is 0.285. The van der Waals surface area contributed by atoms with Crippen LogP contribution in [0.2, 0.25) is 0 Å². The molecule has 0 atom stereocenters. The Morgan fingerprint density at radius 3 is 1.03 bits per heavy atom. The summed E-state index contributed by atoms with van der Waals surface area (Å²) in [7, 11) is 0. The summed E-state index contributed by atoms with van der Waals surface area (Å²) in [4.78, 5) is 20.6. The van der Waals surface area contributed by atoms with E-state index in [2.05, 4.69) is 0 Å². The second kappa shape index (κ2) is 20.2. The van der Waals surface area contributed by atoms with E-state index in [0.29, 0.717) is 5.75 Å². The Kier molecular flexibility index (Phi) is 20.8. The molecular weight excluding hydrogens is 440 g/mol. The van der Waals surface area contributed by atoms with Crippen molar-refractivity contribution in [1.82, 2.24) is 0 Å².